The van der Waals surface area contributed by atoms with E-state index >= 15 is 0 Å². The van der Waals surface area contributed by atoms with Crippen molar-refractivity contribution < 1.29 is 9.53 Å². The van der Waals surface area contributed by atoms with E-state index in [0.29, 0.717) is 5.92 Å². The number of aromatic nitrogens is 2. The van der Waals surface area contributed by atoms with E-state index in [9.17, 15) is 4.79 Å². The van der Waals surface area contributed by atoms with Crippen molar-refractivity contribution in [2.45, 2.75) is 51.8 Å². The molecule has 1 aromatic heterocycles. The minimum atomic E-state index is -0.105. The Hall–Kier alpha value is -2.86. The van der Waals surface area contributed by atoms with Gasteiger partial charge in [0, 0.05) is 36.7 Å². The van der Waals surface area contributed by atoms with Crippen LogP contribution in [0.5, 0.6) is 5.75 Å². The maximum atomic E-state index is 12.4. The molecule has 6 nitrogen and oxygen atoms in total. The number of benzene rings is 2. The van der Waals surface area contributed by atoms with Crippen LogP contribution in [0.4, 0.5) is 0 Å². The first kappa shape index (κ1) is 21.0. The number of rotatable bonds is 6. The molecule has 3 heterocycles. The molecular formula is C26H32N4O2. The Balaban J connectivity index is 1.08. The molecule has 0 spiro atoms. The third-order valence-electron chi connectivity index (χ3n) is 6.63. The number of hydrogen-bond acceptors (Lipinski definition) is 4. The average Bonchev–Trinajstić information content (AvgIpc) is 3.32. The third kappa shape index (κ3) is 4.65. The van der Waals surface area contributed by atoms with Crippen LogP contribution >= 0.6 is 0 Å². The minimum Gasteiger partial charge on any atom is -0.487 e. The fourth-order valence-electron chi connectivity index (χ4n) is 4.95. The Labute approximate surface area is 189 Å². The van der Waals surface area contributed by atoms with Gasteiger partial charge in [-0.25, -0.2) is 0 Å². The molecule has 6 heteroatoms. The summed E-state index contributed by atoms with van der Waals surface area (Å²) in [6.45, 7) is 8.37. The molecule has 1 amide bonds. The summed E-state index contributed by atoms with van der Waals surface area (Å²) in [6, 6.07) is 14.5. The second kappa shape index (κ2) is 8.58. The molecule has 3 aromatic rings. The molecule has 0 atom stereocenters. The van der Waals surface area contributed by atoms with Crippen LogP contribution in [0.1, 0.15) is 37.8 Å². The summed E-state index contributed by atoms with van der Waals surface area (Å²) < 4.78 is 7.97. The first-order valence-corrected chi connectivity index (χ1v) is 11.7. The number of carbonyl (C=O) groups is 1. The van der Waals surface area contributed by atoms with E-state index in [0.717, 1.165) is 62.1 Å². The van der Waals surface area contributed by atoms with E-state index in [4.69, 9.17) is 4.74 Å². The molecule has 1 fully saturated rings. The molecule has 2 aromatic carbocycles. The number of hydrogen-bond donors (Lipinski definition) is 1. The normalized spacial score (nSPS) is 18.4. The van der Waals surface area contributed by atoms with Crippen molar-refractivity contribution in [1.82, 2.24) is 20.0 Å². The fourth-order valence-corrected chi connectivity index (χ4v) is 4.95. The Bertz CT molecular complexity index is 1080. The van der Waals surface area contributed by atoms with Crippen molar-refractivity contribution in [2.75, 3.05) is 19.6 Å². The molecule has 0 aliphatic carbocycles. The monoisotopic (exact) mass is 432 g/mol. The van der Waals surface area contributed by atoms with Crippen LogP contribution in [0, 0.1) is 5.92 Å². The van der Waals surface area contributed by atoms with Crippen LogP contribution in [0.3, 0.4) is 0 Å². The third-order valence-corrected chi connectivity index (χ3v) is 6.63. The number of piperidine rings is 1. The molecule has 0 unspecified atom stereocenters. The summed E-state index contributed by atoms with van der Waals surface area (Å²) >= 11 is 0. The number of para-hydroxylation sites is 1. The topological polar surface area (TPSA) is 59.4 Å². The smallest absolute Gasteiger partial charge is 0.241 e. The quantitative estimate of drug-likeness (QED) is 0.644. The zero-order chi connectivity index (χ0) is 22.1. The zero-order valence-corrected chi connectivity index (χ0v) is 19.0. The summed E-state index contributed by atoms with van der Waals surface area (Å²) in [5, 5.41) is 8.65. The Morgan fingerprint density at radius 2 is 1.97 bits per heavy atom. The second-order valence-electron chi connectivity index (χ2n) is 9.85. The summed E-state index contributed by atoms with van der Waals surface area (Å²) in [5.74, 6) is 1.65. The van der Waals surface area contributed by atoms with Gasteiger partial charge >= 0.3 is 0 Å². The van der Waals surface area contributed by atoms with Crippen molar-refractivity contribution in [2.24, 2.45) is 5.92 Å². The average molecular weight is 433 g/mol. The van der Waals surface area contributed by atoms with Crippen molar-refractivity contribution in [3.63, 3.8) is 0 Å². The molecule has 2 aliphatic heterocycles. The number of likely N-dealkylation sites (tertiary alicyclic amines) is 1. The van der Waals surface area contributed by atoms with Crippen molar-refractivity contribution in [3.05, 3.63) is 59.8 Å². The zero-order valence-electron chi connectivity index (χ0n) is 19.0. The predicted molar refractivity (Wildman–Crippen MR) is 126 cm³/mol. The highest BCUT2D eigenvalue weighted by Crippen LogP contribution is 2.38. The van der Waals surface area contributed by atoms with Gasteiger partial charge in [-0.2, -0.15) is 5.10 Å². The number of carbonyl (C=O) groups excluding carboxylic acids is 1. The van der Waals surface area contributed by atoms with Crippen molar-refractivity contribution in [3.8, 4) is 5.75 Å². The first-order chi connectivity index (χ1) is 15.4. The van der Waals surface area contributed by atoms with E-state index in [1.807, 2.05) is 30.5 Å². The van der Waals surface area contributed by atoms with E-state index in [-0.39, 0.29) is 18.1 Å². The fraction of sp³-hybridized carbons (Fsp3) is 0.462. The molecule has 0 saturated carbocycles. The largest absolute Gasteiger partial charge is 0.487 e. The van der Waals surface area contributed by atoms with Crippen LogP contribution < -0.4 is 10.1 Å². The standard InChI is InChI=1S/C26H32N4O2/c1-26(2)14-20-7-5-8-22(25(20)32-26)16-29-12-10-19(11-13-29)15-27-24(31)18-30-17-21-6-3-4-9-23(21)28-30/h3-9,17,19H,10-16,18H2,1-2H3,(H,27,31). The van der Waals surface area contributed by atoms with Gasteiger partial charge in [-0.05, 0) is 57.3 Å². The van der Waals surface area contributed by atoms with Gasteiger partial charge in [-0.3, -0.25) is 14.4 Å². The molecule has 2 aliphatic rings. The highest BCUT2D eigenvalue weighted by atomic mass is 16.5. The molecule has 1 N–H and O–H groups in total. The summed E-state index contributed by atoms with van der Waals surface area (Å²) in [7, 11) is 0. The Morgan fingerprint density at radius 1 is 1.16 bits per heavy atom. The van der Waals surface area contributed by atoms with Gasteiger partial charge in [-0.15, -0.1) is 0 Å². The van der Waals surface area contributed by atoms with Crippen LogP contribution in [-0.2, 0) is 24.3 Å². The summed E-state index contributed by atoms with van der Waals surface area (Å²) in [5.41, 5.74) is 3.44. The SMILES string of the molecule is CC1(C)Cc2cccc(CN3CCC(CNC(=O)Cn4cc5ccccc5n4)CC3)c2O1. The van der Waals surface area contributed by atoms with Crippen LogP contribution in [0.25, 0.3) is 10.9 Å². The van der Waals surface area contributed by atoms with Gasteiger partial charge in [0.15, 0.2) is 0 Å². The maximum absolute atomic E-state index is 12.4. The van der Waals surface area contributed by atoms with Gasteiger partial charge in [0.05, 0.1) is 5.52 Å². The van der Waals surface area contributed by atoms with Crippen molar-refractivity contribution >= 4 is 16.8 Å². The van der Waals surface area contributed by atoms with Crippen LogP contribution in [-0.4, -0.2) is 45.8 Å². The van der Waals surface area contributed by atoms with Crippen LogP contribution in [0.2, 0.25) is 0 Å². The van der Waals surface area contributed by atoms with Gasteiger partial charge in [0.25, 0.3) is 0 Å². The van der Waals surface area contributed by atoms with E-state index in [1.54, 1.807) is 4.68 Å². The maximum Gasteiger partial charge on any atom is 0.241 e. The highest BCUT2D eigenvalue weighted by molar-refractivity contribution is 5.79. The number of nitrogens with one attached hydrogen (secondary N) is 1. The minimum absolute atomic E-state index is 0.0276. The number of fused-ring (bicyclic) bond motifs is 2. The lowest BCUT2D eigenvalue weighted by atomic mass is 9.96. The predicted octanol–water partition coefficient (Wildman–Crippen LogP) is 3.78. The van der Waals surface area contributed by atoms with Gasteiger partial charge in [0.2, 0.25) is 5.91 Å². The summed E-state index contributed by atoms with van der Waals surface area (Å²) in [4.78, 5) is 14.9. The summed E-state index contributed by atoms with van der Waals surface area (Å²) in [6.07, 6.45) is 5.12. The molecule has 0 bridgehead atoms. The van der Waals surface area contributed by atoms with E-state index in [1.165, 1.54) is 11.1 Å². The molecule has 168 valence electrons. The van der Waals surface area contributed by atoms with E-state index < -0.39 is 0 Å². The molecular weight excluding hydrogens is 400 g/mol. The number of amides is 1. The number of ether oxygens (including phenoxy) is 1. The van der Waals surface area contributed by atoms with Crippen molar-refractivity contribution in [1.29, 1.82) is 0 Å². The Kier molecular flexibility index (Phi) is 5.64. The molecule has 5 rings (SSSR count). The van der Waals surface area contributed by atoms with Crippen LogP contribution in [0.15, 0.2) is 48.7 Å². The molecule has 0 radical (unpaired) electrons. The van der Waals surface area contributed by atoms with E-state index in [2.05, 4.69) is 47.4 Å². The molecule has 1 saturated heterocycles. The lowest BCUT2D eigenvalue weighted by Gasteiger charge is -2.32. The van der Waals surface area contributed by atoms with Gasteiger partial charge in [0.1, 0.15) is 17.9 Å². The second-order valence-corrected chi connectivity index (χ2v) is 9.85. The van der Waals surface area contributed by atoms with Gasteiger partial charge in [-0.1, -0.05) is 36.4 Å². The molecule has 32 heavy (non-hydrogen) atoms. The lowest BCUT2D eigenvalue weighted by molar-refractivity contribution is -0.122. The van der Waals surface area contributed by atoms with Gasteiger partial charge < -0.3 is 10.1 Å². The highest BCUT2D eigenvalue weighted by Gasteiger charge is 2.32. The lowest BCUT2D eigenvalue weighted by Crippen LogP contribution is -2.39. The number of nitrogens with zero attached hydrogens (tertiary/aromatic N) is 3. The Morgan fingerprint density at radius 3 is 2.78 bits per heavy atom. The first-order valence-electron chi connectivity index (χ1n) is 11.7.